The number of hydrogen-bond donors (Lipinski definition) is 2. The summed E-state index contributed by atoms with van der Waals surface area (Å²) in [7, 11) is -7.52. The lowest BCUT2D eigenvalue weighted by molar-refractivity contribution is 0.596. The molecule has 0 aliphatic heterocycles. The van der Waals surface area contributed by atoms with Crippen LogP contribution in [0.5, 0.6) is 0 Å². The van der Waals surface area contributed by atoms with Gasteiger partial charge in [-0.25, -0.2) is 27.1 Å². The van der Waals surface area contributed by atoms with Gasteiger partial charge in [0.25, 0.3) is 0 Å². The molecule has 0 aromatic heterocycles. The molecule has 0 unspecified atom stereocenters. The van der Waals surface area contributed by atoms with Crippen LogP contribution in [0.2, 0.25) is 0 Å². The molecule has 2 aromatic carbocycles. The van der Waals surface area contributed by atoms with E-state index in [1.54, 1.807) is 12.1 Å². The molecule has 8 heteroatoms. The summed E-state index contributed by atoms with van der Waals surface area (Å²) in [6, 6.07) is 9.27. The number of hydrogen-bond acceptors (Lipinski definition) is 4. The highest BCUT2D eigenvalue weighted by Gasteiger charge is 2.22. The molecule has 0 saturated carbocycles. The first-order valence-electron chi connectivity index (χ1n) is 5.98. The molecule has 0 fully saturated rings. The van der Waals surface area contributed by atoms with Gasteiger partial charge in [0.15, 0.2) is 0 Å². The lowest BCUT2D eigenvalue weighted by Gasteiger charge is -2.04. The van der Waals surface area contributed by atoms with Gasteiger partial charge in [-0.3, -0.25) is 0 Å². The summed E-state index contributed by atoms with van der Waals surface area (Å²) in [6.07, 6.45) is 0.442. The SMILES string of the molecule is NS(=O)(=O)c1ccc2c(c1)Cc1cc(S(N)(=O)=O)ccc1-2. The van der Waals surface area contributed by atoms with Crippen LogP contribution in [0, 0.1) is 0 Å². The van der Waals surface area contributed by atoms with E-state index >= 15 is 0 Å². The number of benzene rings is 2. The average Bonchev–Trinajstić information content (AvgIpc) is 2.73. The Balaban J connectivity index is 2.14. The monoisotopic (exact) mass is 324 g/mol. The maximum Gasteiger partial charge on any atom is 0.238 e. The second-order valence-corrected chi connectivity index (χ2v) is 8.03. The van der Waals surface area contributed by atoms with Gasteiger partial charge in [0.05, 0.1) is 9.79 Å². The molecule has 110 valence electrons. The normalized spacial score (nSPS) is 13.8. The van der Waals surface area contributed by atoms with Crippen LogP contribution in [-0.4, -0.2) is 16.8 Å². The molecule has 21 heavy (non-hydrogen) atoms. The standard InChI is InChI=1S/C13H12N2O4S2/c14-20(16,17)10-1-3-12-8(6-10)5-9-7-11(21(15,18)19)2-4-13(9)12/h1-4,6-7H,5H2,(H2,14,16,17)(H2,15,18,19). The minimum Gasteiger partial charge on any atom is -0.225 e. The van der Waals surface area contributed by atoms with E-state index in [1.165, 1.54) is 24.3 Å². The van der Waals surface area contributed by atoms with E-state index in [1.807, 2.05) is 0 Å². The van der Waals surface area contributed by atoms with Gasteiger partial charge in [-0.2, -0.15) is 0 Å². The Bertz CT molecular complexity index is 884. The third-order valence-corrected chi connectivity index (χ3v) is 5.30. The first kappa shape index (κ1) is 14.2. The molecule has 2 aromatic rings. The third-order valence-electron chi connectivity index (χ3n) is 3.48. The van der Waals surface area contributed by atoms with Crippen molar-refractivity contribution < 1.29 is 16.8 Å². The van der Waals surface area contributed by atoms with Crippen LogP contribution >= 0.6 is 0 Å². The van der Waals surface area contributed by atoms with Crippen LogP contribution in [0.3, 0.4) is 0 Å². The molecule has 1 aliphatic carbocycles. The first-order chi connectivity index (χ1) is 9.66. The molecule has 3 rings (SSSR count). The zero-order chi connectivity index (χ0) is 15.4. The number of fused-ring (bicyclic) bond motifs is 3. The Kier molecular flexibility index (Phi) is 2.96. The van der Waals surface area contributed by atoms with Gasteiger partial charge in [-0.1, -0.05) is 12.1 Å². The molecule has 0 radical (unpaired) electrons. The highest BCUT2D eigenvalue weighted by molar-refractivity contribution is 7.89. The number of sulfonamides is 2. The lowest BCUT2D eigenvalue weighted by Crippen LogP contribution is -2.12. The second kappa shape index (κ2) is 4.38. The van der Waals surface area contributed by atoms with Gasteiger partial charge >= 0.3 is 0 Å². The molecule has 0 spiro atoms. The first-order valence-corrected chi connectivity index (χ1v) is 9.07. The Labute approximate surface area is 122 Å². The van der Waals surface area contributed by atoms with Gasteiger partial charge in [-0.15, -0.1) is 0 Å². The average molecular weight is 324 g/mol. The topological polar surface area (TPSA) is 120 Å². The molecule has 6 nitrogen and oxygen atoms in total. The molecule has 0 saturated heterocycles. The van der Waals surface area contributed by atoms with Gasteiger partial charge in [0.1, 0.15) is 0 Å². The Morgan fingerprint density at radius 1 is 0.714 bits per heavy atom. The molecular formula is C13H12N2O4S2. The van der Waals surface area contributed by atoms with E-state index in [0.29, 0.717) is 6.42 Å². The zero-order valence-corrected chi connectivity index (χ0v) is 12.4. The molecule has 1 aliphatic rings. The summed E-state index contributed by atoms with van der Waals surface area (Å²) in [6.45, 7) is 0. The van der Waals surface area contributed by atoms with Gasteiger partial charge in [0.2, 0.25) is 20.0 Å². The van der Waals surface area contributed by atoms with Crippen LogP contribution in [0.4, 0.5) is 0 Å². The largest absolute Gasteiger partial charge is 0.238 e. The fourth-order valence-corrected chi connectivity index (χ4v) is 3.65. The van der Waals surface area contributed by atoms with Crippen molar-refractivity contribution in [2.45, 2.75) is 16.2 Å². The quantitative estimate of drug-likeness (QED) is 0.715. The number of rotatable bonds is 2. The van der Waals surface area contributed by atoms with Crippen molar-refractivity contribution in [1.82, 2.24) is 0 Å². The van der Waals surface area contributed by atoms with Crippen LogP contribution in [-0.2, 0) is 26.5 Å². The van der Waals surface area contributed by atoms with Crippen LogP contribution < -0.4 is 10.3 Å². The van der Waals surface area contributed by atoms with Crippen molar-refractivity contribution in [3.63, 3.8) is 0 Å². The van der Waals surface area contributed by atoms with Crippen LogP contribution in [0.1, 0.15) is 11.1 Å². The number of primary sulfonamides is 2. The molecule has 4 N–H and O–H groups in total. The van der Waals surface area contributed by atoms with E-state index in [0.717, 1.165) is 22.3 Å². The Morgan fingerprint density at radius 3 is 1.43 bits per heavy atom. The van der Waals surface area contributed by atoms with Crippen molar-refractivity contribution >= 4 is 20.0 Å². The maximum atomic E-state index is 11.4. The number of nitrogens with two attached hydrogens (primary N) is 2. The van der Waals surface area contributed by atoms with E-state index in [2.05, 4.69) is 0 Å². The summed E-state index contributed by atoms with van der Waals surface area (Å²) in [4.78, 5) is 0.0847. The highest BCUT2D eigenvalue weighted by atomic mass is 32.2. The van der Waals surface area contributed by atoms with E-state index < -0.39 is 20.0 Å². The fourth-order valence-electron chi connectivity index (χ4n) is 2.52. The fraction of sp³-hybridized carbons (Fsp3) is 0.0769. The summed E-state index contributed by atoms with van der Waals surface area (Å²) in [5.41, 5.74) is 3.34. The molecule has 0 amide bonds. The molecule has 0 bridgehead atoms. The van der Waals surface area contributed by atoms with Crippen molar-refractivity contribution in [2.75, 3.05) is 0 Å². The van der Waals surface area contributed by atoms with Crippen molar-refractivity contribution in [3.8, 4) is 11.1 Å². The minimum absolute atomic E-state index is 0.0423. The van der Waals surface area contributed by atoms with Gasteiger partial charge in [-0.05, 0) is 52.9 Å². The van der Waals surface area contributed by atoms with Gasteiger partial charge < -0.3 is 0 Å². The maximum absolute atomic E-state index is 11.4. The zero-order valence-electron chi connectivity index (χ0n) is 10.8. The highest BCUT2D eigenvalue weighted by Crippen LogP contribution is 2.38. The molecule has 0 heterocycles. The van der Waals surface area contributed by atoms with Crippen LogP contribution in [0.25, 0.3) is 11.1 Å². The molecular weight excluding hydrogens is 312 g/mol. The minimum atomic E-state index is -3.76. The summed E-state index contributed by atoms with van der Waals surface area (Å²) < 4.78 is 45.5. The second-order valence-electron chi connectivity index (χ2n) is 4.90. The Morgan fingerprint density at radius 2 is 1.10 bits per heavy atom. The summed E-state index contributed by atoms with van der Waals surface area (Å²) in [5, 5.41) is 10.2. The van der Waals surface area contributed by atoms with Crippen molar-refractivity contribution in [2.24, 2.45) is 10.3 Å². The smallest absolute Gasteiger partial charge is 0.225 e. The lowest BCUT2D eigenvalue weighted by atomic mass is 10.1. The Hall–Kier alpha value is -1.74. The van der Waals surface area contributed by atoms with E-state index in [-0.39, 0.29) is 9.79 Å². The summed E-state index contributed by atoms with van der Waals surface area (Å²) in [5.74, 6) is 0. The van der Waals surface area contributed by atoms with Crippen molar-refractivity contribution in [1.29, 1.82) is 0 Å². The predicted octanol–water partition coefficient (Wildman–Crippen LogP) is 0.553. The predicted molar refractivity (Wildman–Crippen MR) is 77.4 cm³/mol. The van der Waals surface area contributed by atoms with Crippen LogP contribution in [0.15, 0.2) is 46.2 Å². The van der Waals surface area contributed by atoms with E-state index in [4.69, 9.17) is 10.3 Å². The third kappa shape index (κ3) is 2.46. The summed E-state index contributed by atoms with van der Waals surface area (Å²) >= 11 is 0. The van der Waals surface area contributed by atoms with E-state index in [9.17, 15) is 16.8 Å². The molecule has 0 atom stereocenters. The van der Waals surface area contributed by atoms with Crippen molar-refractivity contribution in [3.05, 3.63) is 47.5 Å². The van der Waals surface area contributed by atoms with Gasteiger partial charge in [0, 0.05) is 0 Å².